The number of rotatable bonds is 0. The first-order valence-corrected chi connectivity index (χ1v) is 6.26. The lowest BCUT2D eigenvalue weighted by Gasteiger charge is -2.42. The number of piperidine rings is 1. The Labute approximate surface area is 95.7 Å². The molecule has 0 aromatic heterocycles. The van der Waals surface area contributed by atoms with Crippen molar-refractivity contribution in [2.75, 3.05) is 13.1 Å². The van der Waals surface area contributed by atoms with Crippen LogP contribution in [0, 0.1) is 5.92 Å². The molecule has 0 bridgehead atoms. The third kappa shape index (κ3) is 5.53. The van der Waals surface area contributed by atoms with E-state index < -0.39 is 0 Å². The van der Waals surface area contributed by atoms with Gasteiger partial charge in [-0.2, -0.15) is 0 Å². The fraction of sp³-hybridized carbons (Fsp3) is 1.00. The maximum absolute atomic E-state index is 9.67. The molecule has 0 aromatic carbocycles. The van der Waals surface area contributed by atoms with Crippen LogP contribution in [0.25, 0.3) is 0 Å². The summed E-state index contributed by atoms with van der Waals surface area (Å²) in [6.07, 6.45) is 2.25. The average Bonchev–Trinajstić information content (AvgIpc) is 2.09. The van der Waals surface area contributed by atoms with Crippen molar-refractivity contribution < 1.29 is 5.11 Å². The lowest BCUT2D eigenvalue weighted by atomic mass is 9.92. The van der Waals surface area contributed by atoms with Crippen molar-refractivity contribution in [1.29, 1.82) is 0 Å². The molecule has 0 saturated carbocycles. The summed E-state index contributed by atoms with van der Waals surface area (Å²) in [6, 6.07) is 0. The number of nitrogens with zero attached hydrogens (tertiary/aromatic N) is 1. The lowest BCUT2D eigenvalue weighted by molar-refractivity contribution is -0.00914. The van der Waals surface area contributed by atoms with Gasteiger partial charge < -0.3 is 5.11 Å². The van der Waals surface area contributed by atoms with Crippen LogP contribution in [0.5, 0.6) is 0 Å². The van der Waals surface area contributed by atoms with Crippen molar-refractivity contribution >= 4 is 0 Å². The molecular formula is C13H29NO. The minimum Gasteiger partial charge on any atom is -0.392 e. The second-order valence-electron chi connectivity index (χ2n) is 5.66. The van der Waals surface area contributed by atoms with Gasteiger partial charge in [0.25, 0.3) is 0 Å². The van der Waals surface area contributed by atoms with E-state index in [1.54, 1.807) is 0 Å². The molecule has 0 aromatic rings. The Balaban J connectivity index is 0.000000583. The van der Waals surface area contributed by atoms with Crippen LogP contribution < -0.4 is 0 Å². The lowest BCUT2D eigenvalue weighted by Crippen LogP contribution is -2.51. The van der Waals surface area contributed by atoms with Crippen LogP contribution >= 0.6 is 0 Å². The van der Waals surface area contributed by atoms with E-state index in [4.69, 9.17) is 0 Å². The second-order valence-corrected chi connectivity index (χ2v) is 5.66. The van der Waals surface area contributed by atoms with Crippen molar-refractivity contribution in [3.63, 3.8) is 0 Å². The van der Waals surface area contributed by atoms with Gasteiger partial charge in [-0.15, -0.1) is 0 Å². The zero-order valence-corrected chi connectivity index (χ0v) is 11.4. The van der Waals surface area contributed by atoms with Gasteiger partial charge in [-0.1, -0.05) is 27.2 Å². The van der Waals surface area contributed by atoms with Crippen LogP contribution in [0.2, 0.25) is 0 Å². The van der Waals surface area contributed by atoms with E-state index in [0.29, 0.717) is 5.92 Å². The molecule has 0 aliphatic carbocycles. The van der Waals surface area contributed by atoms with Crippen molar-refractivity contribution in [3.8, 4) is 0 Å². The Morgan fingerprint density at radius 2 is 1.73 bits per heavy atom. The molecular weight excluding hydrogens is 186 g/mol. The zero-order valence-electron chi connectivity index (χ0n) is 11.4. The molecule has 2 atom stereocenters. The Morgan fingerprint density at radius 3 is 2.07 bits per heavy atom. The average molecular weight is 215 g/mol. The van der Waals surface area contributed by atoms with Crippen molar-refractivity contribution in [3.05, 3.63) is 0 Å². The summed E-state index contributed by atoms with van der Waals surface area (Å²) in [5, 5.41) is 9.67. The van der Waals surface area contributed by atoms with Crippen LogP contribution in [0.3, 0.4) is 0 Å². The molecule has 1 fully saturated rings. The summed E-state index contributed by atoms with van der Waals surface area (Å²) in [4.78, 5) is 2.36. The van der Waals surface area contributed by atoms with E-state index in [1.165, 1.54) is 6.42 Å². The van der Waals surface area contributed by atoms with Gasteiger partial charge in [0.2, 0.25) is 0 Å². The van der Waals surface area contributed by atoms with Crippen LogP contribution in [0.4, 0.5) is 0 Å². The molecule has 15 heavy (non-hydrogen) atoms. The van der Waals surface area contributed by atoms with E-state index >= 15 is 0 Å². The summed E-state index contributed by atoms with van der Waals surface area (Å²) in [7, 11) is 0. The molecule has 0 spiro atoms. The third-order valence-corrected chi connectivity index (χ3v) is 2.87. The number of β-amino-alcohol motifs (C(OH)–C–C–N with tert-alkyl or cyclic N) is 1. The van der Waals surface area contributed by atoms with Gasteiger partial charge in [0, 0.05) is 12.1 Å². The molecule has 1 aliphatic rings. The highest BCUT2D eigenvalue weighted by molar-refractivity contribution is 4.84. The standard InChI is InChI=1S/C10H21NO.C3H8/c1-8-5-6-11(7-9(8)12)10(2,3)4;1-3-2/h8-9,12H,5-7H2,1-4H3;3H2,1-2H3/t8-,9-;/m0./s1. The number of aliphatic hydroxyl groups excluding tert-OH is 1. The summed E-state index contributed by atoms with van der Waals surface area (Å²) < 4.78 is 0. The van der Waals surface area contributed by atoms with Gasteiger partial charge in [-0.3, -0.25) is 4.90 Å². The maximum atomic E-state index is 9.67. The Morgan fingerprint density at radius 1 is 1.27 bits per heavy atom. The molecule has 2 nitrogen and oxygen atoms in total. The van der Waals surface area contributed by atoms with Gasteiger partial charge >= 0.3 is 0 Å². The van der Waals surface area contributed by atoms with Crippen LogP contribution in [0.15, 0.2) is 0 Å². The van der Waals surface area contributed by atoms with Gasteiger partial charge in [0.05, 0.1) is 6.10 Å². The fourth-order valence-electron chi connectivity index (χ4n) is 1.66. The Bertz CT molecular complexity index is 162. The first-order chi connectivity index (χ1) is 6.82. The Hall–Kier alpha value is -0.0800. The molecule has 1 saturated heterocycles. The highest BCUT2D eigenvalue weighted by atomic mass is 16.3. The summed E-state index contributed by atoms with van der Waals surface area (Å²) in [5.41, 5.74) is 0.209. The van der Waals surface area contributed by atoms with E-state index in [-0.39, 0.29) is 11.6 Å². The van der Waals surface area contributed by atoms with Crippen molar-refractivity contribution in [1.82, 2.24) is 4.90 Å². The van der Waals surface area contributed by atoms with Crippen molar-refractivity contribution in [2.24, 2.45) is 5.92 Å². The number of likely N-dealkylation sites (tertiary alicyclic amines) is 1. The maximum Gasteiger partial charge on any atom is 0.0693 e. The normalized spacial score (nSPS) is 28.2. The fourth-order valence-corrected chi connectivity index (χ4v) is 1.66. The predicted octanol–water partition coefficient (Wildman–Crippen LogP) is 2.90. The summed E-state index contributed by atoms with van der Waals surface area (Å²) >= 11 is 0. The quantitative estimate of drug-likeness (QED) is 0.671. The molecule has 2 heteroatoms. The van der Waals surface area contributed by atoms with E-state index in [0.717, 1.165) is 19.5 Å². The minimum absolute atomic E-state index is 0.127. The van der Waals surface area contributed by atoms with Gasteiger partial charge in [0.1, 0.15) is 0 Å². The van der Waals surface area contributed by atoms with Crippen LogP contribution in [0.1, 0.15) is 54.4 Å². The first-order valence-electron chi connectivity index (χ1n) is 6.26. The number of hydrogen-bond donors (Lipinski definition) is 1. The van der Waals surface area contributed by atoms with Crippen LogP contribution in [-0.4, -0.2) is 34.7 Å². The smallest absolute Gasteiger partial charge is 0.0693 e. The van der Waals surface area contributed by atoms with Gasteiger partial charge in [-0.05, 0) is 39.7 Å². The molecule has 0 radical (unpaired) electrons. The monoisotopic (exact) mass is 215 g/mol. The second kappa shape index (κ2) is 6.49. The Kier molecular flexibility index (Phi) is 6.46. The topological polar surface area (TPSA) is 23.5 Å². The summed E-state index contributed by atoms with van der Waals surface area (Å²) in [5.74, 6) is 0.476. The molecule has 92 valence electrons. The highest BCUT2D eigenvalue weighted by Crippen LogP contribution is 2.23. The molecule has 0 unspecified atom stereocenters. The SMILES string of the molecule is CCC.C[C@H]1CCN(C(C)(C)C)C[C@@H]1O. The largest absolute Gasteiger partial charge is 0.392 e. The minimum atomic E-state index is -0.127. The van der Waals surface area contributed by atoms with E-state index in [9.17, 15) is 5.11 Å². The predicted molar refractivity (Wildman–Crippen MR) is 67.1 cm³/mol. The number of hydrogen-bond acceptors (Lipinski definition) is 2. The first kappa shape index (κ1) is 14.9. The van der Waals surface area contributed by atoms with Crippen LogP contribution in [-0.2, 0) is 0 Å². The highest BCUT2D eigenvalue weighted by Gasteiger charge is 2.30. The van der Waals surface area contributed by atoms with E-state index in [2.05, 4.69) is 46.4 Å². The van der Waals surface area contributed by atoms with Gasteiger partial charge in [0.15, 0.2) is 0 Å². The molecule has 1 aliphatic heterocycles. The van der Waals surface area contributed by atoms with Crippen molar-refractivity contribution in [2.45, 2.75) is 66.0 Å². The van der Waals surface area contributed by atoms with E-state index in [1.807, 2.05) is 0 Å². The molecule has 0 amide bonds. The number of aliphatic hydroxyl groups is 1. The molecule has 1 N–H and O–H groups in total. The van der Waals surface area contributed by atoms with Gasteiger partial charge in [-0.25, -0.2) is 0 Å². The molecule has 1 heterocycles. The third-order valence-electron chi connectivity index (χ3n) is 2.87. The zero-order chi connectivity index (χ0) is 12.1. The molecule has 1 rings (SSSR count). The summed E-state index contributed by atoms with van der Waals surface area (Å²) in [6.45, 7) is 15.0.